The molecule has 0 aromatic carbocycles. The molecule has 0 amide bonds. The van der Waals surface area contributed by atoms with E-state index in [4.69, 9.17) is 5.73 Å². The highest BCUT2D eigenvalue weighted by atomic mass is 32.1. The van der Waals surface area contributed by atoms with Crippen molar-refractivity contribution in [3.63, 3.8) is 0 Å². The van der Waals surface area contributed by atoms with Crippen LogP contribution in [-0.2, 0) is 6.54 Å². The molecule has 0 atom stereocenters. The van der Waals surface area contributed by atoms with Gasteiger partial charge in [-0.1, -0.05) is 11.3 Å². The maximum Gasteiger partial charge on any atom is 0.212 e. The molecule has 0 aliphatic carbocycles. The predicted molar refractivity (Wildman–Crippen MR) is 58.5 cm³/mol. The summed E-state index contributed by atoms with van der Waals surface area (Å²) >= 11 is 1.52. The van der Waals surface area contributed by atoms with Crippen molar-refractivity contribution in [1.29, 1.82) is 0 Å². The molecule has 76 valence electrons. The molecule has 3 heterocycles. The molecule has 0 radical (unpaired) electrons. The highest BCUT2D eigenvalue weighted by Gasteiger charge is 2.08. The summed E-state index contributed by atoms with van der Waals surface area (Å²) in [5, 5.41) is 5.20. The molecule has 5 nitrogen and oxygen atoms in total. The number of hydrogen-bond donors (Lipinski definition) is 2. The van der Waals surface area contributed by atoms with E-state index in [1.165, 1.54) is 11.3 Å². The molecule has 6 heteroatoms. The molecule has 0 aliphatic heterocycles. The molecule has 3 N–H and O–H groups in total. The van der Waals surface area contributed by atoms with E-state index in [1.807, 2.05) is 24.7 Å². The first-order valence-corrected chi connectivity index (χ1v) is 5.37. The molecule has 0 saturated carbocycles. The molecule has 0 fully saturated rings. The van der Waals surface area contributed by atoms with Crippen LogP contribution >= 0.6 is 11.3 Å². The van der Waals surface area contributed by atoms with E-state index in [0.29, 0.717) is 6.54 Å². The minimum absolute atomic E-state index is 0.466. The van der Waals surface area contributed by atoms with E-state index in [1.54, 1.807) is 4.52 Å². The van der Waals surface area contributed by atoms with Crippen molar-refractivity contribution in [2.24, 2.45) is 5.73 Å². The Morgan fingerprint density at radius 3 is 3.13 bits per heavy atom. The van der Waals surface area contributed by atoms with Gasteiger partial charge in [0.2, 0.25) is 4.96 Å². The number of hydrogen-bond acceptors (Lipinski definition) is 4. The van der Waals surface area contributed by atoms with Crippen molar-refractivity contribution in [2.45, 2.75) is 6.54 Å². The van der Waals surface area contributed by atoms with Gasteiger partial charge in [0, 0.05) is 24.5 Å². The van der Waals surface area contributed by atoms with Gasteiger partial charge in [0.15, 0.2) is 0 Å². The third-order valence-corrected chi connectivity index (χ3v) is 3.10. The number of aromatic amines is 1. The van der Waals surface area contributed by atoms with Crippen LogP contribution in [0.2, 0.25) is 0 Å². The normalized spacial score (nSPS) is 11.3. The zero-order valence-electron chi connectivity index (χ0n) is 7.84. The van der Waals surface area contributed by atoms with Crippen molar-refractivity contribution in [3.8, 4) is 11.3 Å². The van der Waals surface area contributed by atoms with Gasteiger partial charge in [0.1, 0.15) is 5.01 Å². The first kappa shape index (κ1) is 8.63. The molecule has 0 saturated heterocycles. The number of nitrogens with one attached hydrogen (secondary N) is 1. The van der Waals surface area contributed by atoms with Crippen LogP contribution < -0.4 is 5.73 Å². The van der Waals surface area contributed by atoms with Crippen LogP contribution in [0.3, 0.4) is 0 Å². The number of imidazole rings is 1. The molecule has 0 spiro atoms. The summed E-state index contributed by atoms with van der Waals surface area (Å²) in [5.74, 6) is 0. The molecular weight excluding hydrogens is 210 g/mol. The maximum absolute atomic E-state index is 5.51. The number of aromatic nitrogens is 4. The standard InChI is InChI=1S/C9H9N5S/c10-3-8-13-14-5-7(12-9(14)15-8)6-1-2-11-4-6/h1-2,4-5,11H,3,10H2. The summed E-state index contributed by atoms with van der Waals surface area (Å²) in [4.78, 5) is 8.35. The zero-order valence-corrected chi connectivity index (χ0v) is 8.66. The Morgan fingerprint density at radius 2 is 2.47 bits per heavy atom. The van der Waals surface area contributed by atoms with Crippen LogP contribution in [0.4, 0.5) is 0 Å². The third-order valence-electron chi connectivity index (χ3n) is 2.15. The van der Waals surface area contributed by atoms with Gasteiger partial charge in [-0.05, 0) is 6.07 Å². The highest BCUT2D eigenvalue weighted by molar-refractivity contribution is 7.16. The third kappa shape index (κ3) is 1.34. The van der Waals surface area contributed by atoms with Crippen LogP contribution in [0, 0.1) is 0 Å². The molecule has 0 unspecified atom stereocenters. The van der Waals surface area contributed by atoms with Gasteiger partial charge in [-0.25, -0.2) is 9.50 Å². The fraction of sp³-hybridized carbons (Fsp3) is 0.111. The smallest absolute Gasteiger partial charge is 0.212 e. The van der Waals surface area contributed by atoms with E-state index in [9.17, 15) is 0 Å². The minimum atomic E-state index is 0.466. The minimum Gasteiger partial charge on any atom is -0.367 e. The number of nitrogens with zero attached hydrogens (tertiary/aromatic N) is 3. The van der Waals surface area contributed by atoms with E-state index in [0.717, 1.165) is 21.2 Å². The molecule has 15 heavy (non-hydrogen) atoms. The van der Waals surface area contributed by atoms with Gasteiger partial charge in [-0.3, -0.25) is 0 Å². The topological polar surface area (TPSA) is 72.0 Å². The van der Waals surface area contributed by atoms with Crippen molar-refractivity contribution in [2.75, 3.05) is 0 Å². The van der Waals surface area contributed by atoms with Crippen LogP contribution in [0.5, 0.6) is 0 Å². The van der Waals surface area contributed by atoms with Gasteiger partial charge in [0.05, 0.1) is 11.9 Å². The van der Waals surface area contributed by atoms with Gasteiger partial charge in [-0.15, -0.1) is 0 Å². The van der Waals surface area contributed by atoms with Crippen molar-refractivity contribution >= 4 is 16.3 Å². The SMILES string of the molecule is NCc1nn2cc(-c3cc[nH]c3)nc2s1. The van der Waals surface area contributed by atoms with Crippen LogP contribution in [0.25, 0.3) is 16.2 Å². The van der Waals surface area contributed by atoms with E-state index < -0.39 is 0 Å². The Morgan fingerprint density at radius 1 is 1.53 bits per heavy atom. The molecule has 0 bridgehead atoms. The molecule has 3 rings (SSSR count). The molecule has 3 aromatic rings. The number of rotatable bonds is 2. The lowest BCUT2D eigenvalue weighted by Gasteiger charge is -1.86. The lowest BCUT2D eigenvalue weighted by Crippen LogP contribution is -1.95. The Hall–Kier alpha value is -1.66. The van der Waals surface area contributed by atoms with E-state index in [-0.39, 0.29) is 0 Å². The van der Waals surface area contributed by atoms with Gasteiger partial charge in [-0.2, -0.15) is 5.10 Å². The Kier molecular flexibility index (Phi) is 1.83. The highest BCUT2D eigenvalue weighted by Crippen LogP contribution is 2.21. The van der Waals surface area contributed by atoms with E-state index >= 15 is 0 Å². The van der Waals surface area contributed by atoms with Gasteiger partial charge < -0.3 is 10.7 Å². The number of nitrogens with two attached hydrogens (primary N) is 1. The Balaban J connectivity index is 2.12. The summed E-state index contributed by atoms with van der Waals surface area (Å²) in [5.41, 5.74) is 7.51. The lowest BCUT2D eigenvalue weighted by atomic mass is 10.3. The van der Waals surface area contributed by atoms with Crippen LogP contribution in [-0.4, -0.2) is 19.6 Å². The molecular formula is C9H9N5S. The largest absolute Gasteiger partial charge is 0.367 e. The van der Waals surface area contributed by atoms with Crippen LogP contribution in [0.1, 0.15) is 5.01 Å². The first-order valence-electron chi connectivity index (χ1n) is 4.55. The molecule has 0 aliphatic rings. The molecule has 3 aromatic heterocycles. The van der Waals surface area contributed by atoms with Gasteiger partial charge >= 0.3 is 0 Å². The fourth-order valence-corrected chi connectivity index (χ4v) is 2.20. The average Bonchev–Trinajstić information content (AvgIpc) is 2.91. The summed E-state index contributed by atoms with van der Waals surface area (Å²) in [6.07, 6.45) is 5.70. The second-order valence-electron chi connectivity index (χ2n) is 3.15. The quantitative estimate of drug-likeness (QED) is 0.681. The summed E-state index contributed by atoms with van der Waals surface area (Å²) in [7, 11) is 0. The van der Waals surface area contributed by atoms with Crippen LogP contribution in [0.15, 0.2) is 24.7 Å². The summed E-state index contributed by atoms with van der Waals surface area (Å²) < 4.78 is 1.77. The summed E-state index contributed by atoms with van der Waals surface area (Å²) in [6.45, 7) is 0.466. The zero-order chi connectivity index (χ0) is 10.3. The van der Waals surface area contributed by atoms with Crippen molar-refractivity contribution in [3.05, 3.63) is 29.7 Å². The van der Waals surface area contributed by atoms with Crippen molar-refractivity contribution < 1.29 is 0 Å². The monoisotopic (exact) mass is 219 g/mol. The average molecular weight is 219 g/mol. The Labute approximate surface area is 89.6 Å². The number of fused-ring (bicyclic) bond motifs is 1. The fourth-order valence-electron chi connectivity index (χ4n) is 1.45. The Bertz CT molecular complexity index is 545. The van der Waals surface area contributed by atoms with Crippen molar-refractivity contribution in [1.82, 2.24) is 19.6 Å². The van der Waals surface area contributed by atoms with Gasteiger partial charge in [0.25, 0.3) is 0 Å². The maximum atomic E-state index is 5.51. The predicted octanol–water partition coefficient (Wildman–Crippen LogP) is 1.24. The summed E-state index contributed by atoms with van der Waals surface area (Å²) in [6, 6.07) is 1.98. The first-order chi connectivity index (χ1) is 7.36. The second-order valence-corrected chi connectivity index (χ2v) is 4.19. The lowest BCUT2D eigenvalue weighted by molar-refractivity contribution is 0.897. The number of H-pyrrole nitrogens is 1. The van der Waals surface area contributed by atoms with E-state index in [2.05, 4.69) is 15.1 Å². The second kappa shape index (κ2) is 3.18.